The minimum absolute atomic E-state index is 0.116. The molecule has 0 spiro atoms. The van der Waals surface area contributed by atoms with Crippen LogP contribution in [0.15, 0.2) is 55.1 Å². The van der Waals surface area contributed by atoms with Crippen LogP contribution in [0.3, 0.4) is 0 Å². The van der Waals surface area contributed by atoms with Crippen LogP contribution in [-0.4, -0.2) is 76.8 Å². The third-order valence-corrected chi connectivity index (χ3v) is 6.54. The lowest BCUT2D eigenvalue weighted by atomic mass is 10.1. The number of hydrogen-bond donors (Lipinski definition) is 0. The second-order valence-corrected chi connectivity index (χ2v) is 9.36. The summed E-state index contributed by atoms with van der Waals surface area (Å²) in [6.07, 6.45) is 5.47. The van der Waals surface area contributed by atoms with Crippen LogP contribution in [0.25, 0.3) is 0 Å². The molecule has 7 heteroatoms. The Labute approximate surface area is 203 Å². The molecule has 2 aromatic carbocycles. The highest BCUT2D eigenvalue weighted by atomic mass is 16.2. The Morgan fingerprint density at radius 3 is 2.44 bits per heavy atom. The zero-order valence-corrected chi connectivity index (χ0v) is 20.7. The third kappa shape index (κ3) is 6.23. The van der Waals surface area contributed by atoms with Gasteiger partial charge in [-0.1, -0.05) is 35.4 Å². The molecular weight excluding hydrogens is 424 g/mol. The lowest BCUT2D eigenvalue weighted by Crippen LogP contribution is -2.47. The Morgan fingerprint density at radius 1 is 1.00 bits per heavy atom. The van der Waals surface area contributed by atoms with Crippen molar-refractivity contribution in [1.29, 1.82) is 0 Å². The van der Waals surface area contributed by atoms with Gasteiger partial charge in [0.1, 0.15) is 12.7 Å². The molecule has 1 aliphatic heterocycles. The predicted molar refractivity (Wildman–Crippen MR) is 136 cm³/mol. The molecule has 1 fully saturated rings. The van der Waals surface area contributed by atoms with Crippen LogP contribution in [-0.2, 0) is 6.54 Å². The molecule has 7 nitrogen and oxygen atoms in total. The van der Waals surface area contributed by atoms with Gasteiger partial charge in [-0.3, -0.25) is 9.69 Å². The molecule has 34 heavy (non-hydrogen) atoms. The SMILES string of the molecule is Cc1cc(C)cc(C(=O)N(C)CCCCN2CCN(c3ccccc3Cn3cncn3)CC2)c1. The van der Waals surface area contributed by atoms with E-state index in [1.165, 1.54) is 11.3 Å². The van der Waals surface area contributed by atoms with Crippen molar-refractivity contribution in [3.63, 3.8) is 0 Å². The van der Waals surface area contributed by atoms with Gasteiger partial charge in [0.2, 0.25) is 0 Å². The van der Waals surface area contributed by atoms with Crippen molar-refractivity contribution < 1.29 is 4.79 Å². The number of benzene rings is 2. The zero-order chi connectivity index (χ0) is 23.9. The van der Waals surface area contributed by atoms with Crippen LogP contribution in [0.5, 0.6) is 0 Å². The maximum absolute atomic E-state index is 12.7. The molecule has 0 saturated carbocycles. The number of aromatic nitrogens is 3. The van der Waals surface area contributed by atoms with Crippen LogP contribution in [0.1, 0.15) is 39.9 Å². The van der Waals surface area contributed by atoms with Crippen LogP contribution >= 0.6 is 0 Å². The Morgan fingerprint density at radius 2 is 1.74 bits per heavy atom. The predicted octanol–water partition coefficient (Wildman–Crippen LogP) is 3.62. The first-order chi connectivity index (χ1) is 16.5. The zero-order valence-electron chi connectivity index (χ0n) is 20.7. The van der Waals surface area contributed by atoms with Gasteiger partial charge in [0.25, 0.3) is 5.91 Å². The van der Waals surface area contributed by atoms with Gasteiger partial charge in [-0.05, 0) is 57.0 Å². The summed E-state index contributed by atoms with van der Waals surface area (Å²) in [5, 5.41) is 4.25. The van der Waals surface area contributed by atoms with Gasteiger partial charge in [0.15, 0.2) is 0 Å². The fourth-order valence-electron chi connectivity index (χ4n) is 4.76. The molecule has 0 unspecified atom stereocenters. The van der Waals surface area contributed by atoms with Crippen molar-refractivity contribution in [1.82, 2.24) is 24.6 Å². The van der Waals surface area contributed by atoms with Crippen molar-refractivity contribution in [2.45, 2.75) is 33.2 Å². The van der Waals surface area contributed by atoms with Gasteiger partial charge in [-0.25, -0.2) is 9.67 Å². The summed E-state index contributed by atoms with van der Waals surface area (Å²) in [5.74, 6) is 0.116. The van der Waals surface area contributed by atoms with E-state index in [0.717, 1.165) is 75.3 Å². The number of carbonyl (C=O) groups excluding carboxylic acids is 1. The summed E-state index contributed by atoms with van der Waals surface area (Å²) < 4.78 is 1.87. The van der Waals surface area contributed by atoms with E-state index in [-0.39, 0.29) is 5.91 Å². The van der Waals surface area contributed by atoms with Crippen LogP contribution in [0.4, 0.5) is 5.69 Å². The Bertz CT molecular complexity index is 1050. The molecule has 180 valence electrons. The molecule has 0 atom stereocenters. The number of aryl methyl sites for hydroxylation is 2. The average molecular weight is 461 g/mol. The minimum Gasteiger partial charge on any atom is -0.369 e. The molecule has 1 aromatic heterocycles. The summed E-state index contributed by atoms with van der Waals surface area (Å²) >= 11 is 0. The van der Waals surface area contributed by atoms with E-state index in [1.54, 1.807) is 12.7 Å². The van der Waals surface area contributed by atoms with E-state index < -0.39 is 0 Å². The first kappa shape index (κ1) is 24.0. The monoisotopic (exact) mass is 460 g/mol. The Hall–Kier alpha value is -3.19. The number of amides is 1. The number of rotatable bonds is 9. The van der Waals surface area contributed by atoms with Gasteiger partial charge < -0.3 is 9.80 Å². The van der Waals surface area contributed by atoms with Gasteiger partial charge in [0, 0.05) is 51.0 Å². The number of piperazine rings is 1. The van der Waals surface area contributed by atoms with E-state index >= 15 is 0 Å². The largest absolute Gasteiger partial charge is 0.369 e. The Kier molecular flexibility index (Phi) is 7.95. The maximum atomic E-state index is 12.7. The lowest BCUT2D eigenvalue weighted by molar-refractivity contribution is 0.0791. The first-order valence-corrected chi connectivity index (χ1v) is 12.2. The highest BCUT2D eigenvalue weighted by Gasteiger charge is 2.19. The topological polar surface area (TPSA) is 57.5 Å². The smallest absolute Gasteiger partial charge is 0.253 e. The average Bonchev–Trinajstić information content (AvgIpc) is 3.34. The molecule has 4 rings (SSSR count). The summed E-state index contributed by atoms with van der Waals surface area (Å²) in [6, 6.07) is 14.7. The fraction of sp³-hybridized carbons (Fsp3) is 0.444. The van der Waals surface area contributed by atoms with E-state index in [4.69, 9.17) is 0 Å². The molecule has 0 N–H and O–H groups in total. The van der Waals surface area contributed by atoms with Gasteiger partial charge in [-0.15, -0.1) is 0 Å². The van der Waals surface area contributed by atoms with E-state index in [2.05, 4.69) is 50.2 Å². The van der Waals surface area contributed by atoms with Crippen LogP contribution in [0.2, 0.25) is 0 Å². The van der Waals surface area contributed by atoms with E-state index in [9.17, 15) is 4.79 Å². The highest BCUT2D eigenvalue weighted by Crippen LogP contribution is 2.23. The van der Waals surface area contributed by atoms with E-state index in [1.807, 2.05) is 42.6 Å². The standard InChI is InChI=1S/C27H36N6O/c1-22-16-23(2)18-25(17-22)27(34)30(3)10-6-7-11-31-12-14-32(15-13-31)26-9-5-4-8-24(26)19-33-21-28-20-29-33/h4-5,8-9,16-18,20-21H,6-7,10-15,19H2,1-3H3. The summed E-state index contributed by atoms with van der Waals surface area (Å²) in [5.41, 5.74) is 5.64. The summed E-state index contributed by atoms with van der Waals surface area (Å²) in [6.45, 7) is 10.9. The summed E-state index contributed by atoms with van der Waals surface area (Å²) in [4.78, 5) is 23.7. The van der Waals surface area contributed by atoms with Gasteiger partial charge in [0.05, 0.1) is 6.54 Å². The minimum atomic E-state index is 0.116. The normalized spacial score (nSPS) is 14.4. The quantitative estimate of drug-likeness (QED) is 0.457. The van der Waals surface area contributed by atoms with Crippen molar-refractivity contribution >= 4 is 11.6 Å². The molecule has 2 heterocycles. The number of nitrogens with zero attached hydrogens (tertiary/aromatic N) is 6. The van der Waals surface area contributed by atoms with Crippen molar-refractivity contribution in [2.24, 2.45) is 0 Å². The van der Waals surface area contributed by atoms with Crippen LogP contribution in [0, 0.1) is 13.8 Å². The number of para-hydroxylation sites is 1. The first-order valence-electron chi connectivity index (χ1n) is 12.2. The van der Waals surface area contributed by atoms with Gasteiger partial charge in [-0.2, -0.15) is 5.10 Å². The number of unbranched alkanes of at least 4 members (excludes halogenated alkanes) is 1. The van der Waals surface area contributed by atoms with E-state index in [0.29, 0.717) is 0 Å². The number of carbonyl (C=O) groups is 1. The second kappa shape index (κ2) is 11.3. The maximum Gasteiger partial charge on any atom is 0.253 e. The molecule has 3 aromatic rings. The molecule has 1 saturated heterocycles. The highest BCUT2D eigenvalue weighted by molar-refractivity contribution is 5.94. The molecule has 1 aliphatic rings. The molecule has 0 bridgehead atoms. The third-order valence-electron chi connectivity index (χ3n) is 6.54. The van der Waals surface area contributed by atoms with Gasteiger partial charge >= 0.3 is 0 Å². The lowest BCUT2D eigenvalue weighted by Gasteiger charge is -2.37. The van der Waals surface area contributed by atoms with Crippen molar-refractivity contribution in [3.8, 4) is 0 Å². The number of anilines is 1. The summed E-state index contributed by atoms with van der Waals surface area (Å²) in [7, 11) is 1.91. The van der Waals surface area contributed by atoms with Crippen LogP contribution < -0.4 is 4.90 Å². The second-order valence-electron chi connectivity index (χ2n) is 9.36. The van der Waals surface area contributed by atoms with Crippen molar-refractivity contribution in [3.05, 3.63) is 77.4 Å². The molecular formula is C27H36N6O. The number of hydrogen-bond acceptors (Lipinski definition) is 5. The van der Waals surface area contributed by atoms with Crippen molar-refractivity contribution in [2.75, 3.05) is 51.2 Å². The molecule has 0 radical (unpaired) electrons. The Balaban J connectivity index is 1.20. The fourth-order valence-corrected chi connectivity index (χ4v) is 4.76. The molecule has 0 aliphatic carbocycles. The molecule has 1 amide bonds.